The molecule has 0 amide bonds. The number of rotatable bonds is 6. The molecule has 0 radical (unpaired) electrons. The van der Waals surface area contributed by atoms with Gasteiger partial charge in [-0.05, 0) is 43.5 Å². The molecule has 0 aliphatic carbocycles. The van der Waals surface area contributed by atoms with Gasteiger partial charge in [0.1, 0.15) is 5.03 Å². The normalized spacial score (nSPS) is 11.4. The van der Waals surface area contributed by atoms with Gasteiger partial charge in [-0.2, -0.15) is 5.10 Å². The highest BCUT2D eigenvalue weighted by Crippen LogP contribution is 2.37. The van der Waals surface area contributed by atoms with Crippen LogP contribution in [0.1, 0.15) is 36.0 Å². The third kappa shape index (κ3) is 4.41. The van der Waals surface area contributed by atoms with Gasteiger partial charge in [0.2, 0.25) is 0 Å². The number of aliphatic hydroxyl groups excluding tert-OH is 1. The second-order valence-corrected chi connectivity index (χ2v) is 8.86. The van der Waals surface area contributed by atoms with Crippen LogP contribution in [-0.4, -0.2) is 14.9 Å². The number of thiophene rings is 1. The molecule has 3 rings (SSSR count). The zero-order valence-electron chi connectivity index (χ0n) is 13.9. The molecule has 0 saturated carbocycles. The number of hydrogen-bond acceptors (Lipinski definition) is 4. The molecule has 0 aliphatic heterocycles. The Morgan fingerprint density at radius 2 is 1.96 bits per heavy atom. The van der Waals surface area contributed by atoms with Crippen molar-refractivity contribution in [3.05, 3.63) is 61.9 Å². The molecular weight excluding hydrogens is 395 g/mol. The van der Waals surface area contributed by atoms with Crippen LogP contribution in [0.4, 0.5) is 0 Å². The average Bonchev–Trinajstić information content (AvgIpc) is 3.15. The maximum absolute atomic E-state index is 9.80. The Labute approximate surface area is 165 Å². The van der Waals surface area contributed by atoms with Crippen LogP contribution >= 0.6 is 46.3 Å². The highest BCUT2D eigenvalue weighted by molar-refractivity contribution is 7.99. The predicted molar refractivity (Wildman–Crippen MR) is 106 cm³/mol. The number of halogens is 2. The smallest absolute Gasteiger partial charge is 0.103 e. The van der Waals surface area contributed by atoms with E-state index in [0.717, 1.165) is 27.6 Å². The molecule has 1 aromatic carbocycles. The molecule has 2 aromatic heterocycles. The lowest BCUT2D eigenvalue weighted by atomic mass is 10.1. The summed E-state index contributed by atoms with van der Waals surface area (Å²) >= 11 is 15.6. The predicted octanol–water partition coefficient (Wildman–Crippen LogP) is 6.07. The van der Waals surface area contributed by atoms with Crippen molar-refractivity contribution in [1.29, 1.82) is 0 Å². The molecule has 25 heavy (non-hydrogen) atoms. The van der Waals surface area contributed by atoms with Crippen LogP contribution in [0, 0.1) is 0 Å². The molecule has 0 atom stereocenters. The Kier molecular flexibility index (Phi) is 6.12. The topological polar surface area (TPSA) is 38.0 Å². The Balaban J connectivity index is 2.06. The van der Waals surface area contributed by atoms with Crippen molar-refractivity contribution in [3.63, 3.8) is 0 Å². The van der Waals surface area contributed by atoms with Gasteiger partial charge in [0.15, 0.2) is 0 Å². The van der Waals surface area contributed by atoms with Gasteiger partial charge >= 0.3 is 0 Å². The Bertz CT molecular complexity index is 840. The monoisotopic (exact) mass is 412 g/mol. The highest BCUT2D eigenvalue weighted by atomic mass is 35.5. The van der Waals surface area contributed by atoms with Gasteiger partial charge in [0, 0.05) is 37.8 Å². The minimum absolute atomic E-state index is 0.0791. The molecule has 0 bridgehead atoms. The standard InChI is InChI=1S/C18H18Cl2N2OS2/c1-11(2)22-18(25-15-7-12(19)6-13(20)8-15)16(17(10-23)21-22)9-14-4-3-5-24-14/h3-8,11,23H,9-10H2,1-2H3. The van der Waals surface area contributed by atoms with Crippen LogP contribution in [0.15, 0.2) is 45.6 Å². The summed E-state index contributed by atoms with van der Waals surface area (Å²) in [6.45, 7) is 4.08. The van der Waals surface area contributed by atoms with Gasteiger partial charge < -0.3 is 5.11 Å². The molecule has 132 valence electrons. The fourth-order valence-electron chi connectivity index (χ4n) is 2.55. The Morgan fingerprint density at radius 1 is 1.24 bits per heavy atom. The van der Waals surface area contributed by atoms with E-state index >= 15 is 0 Å². The van der Waals surface area contributed by atoms with Gasteiger partial charge in [-0.25, -0.2) is 0 Å². The summed E-state index contributed by atoms with van der Waals surface area (Å²) in [5.41, 5.74) is 1.78. The van der Waals surface area contributed by atoms with E-state index < -0.39 is 0 Å². The molecule has 3 nitrogen and oxygen atoms in total. The van der Waals surface area contributed by atoms with Crippen molar-refractivity contribution in [3.8, 4) is 0 Å². The third-order valence-electron chi connectivity index (χ3n) is 3.66. The maximum Gasteiger partial charge on any atom is 0.103 e. The van der Waals surface area contributed by atoms with Gasteiger partial charge in [-0.1, -0.05) is 41.0 Å². The summed E-state index contributed by atoms with van der Waals surface area (Å²) in [4.78, 5) is 2.19. The van der Waals surface area contributed by atoms with E-state index in [9.17, 15) is 5.11 Å². The van der Waals surface area contributed by atoms with Crippen LogP contribution in [0.25, 0.3) is 0 Å². The summed E-state index contributed by atoms with van der Waals surface area (Å²) in [6.07, 6.45) is 0.747. The van der Waals surface area contributed by atoms with Crippen LogP contribution in [0.2, 0.25) is 10.0 Å². The summed E-state index contributed by atoms with van der Waals surface area (Å²) in [5.74, 6) is 0. The van der Waals surface area contributed by atoms with E-state index in [2.05, 4.69) is 30.4 Å². The third-order valence-corrected chi connectivity index (χ3v) is 6.07. The van der Waals surface area contributed by atoms with Gasteiger partial charge in [0.05, 0.1) is 12.3 Å². The molecule has 7 heteroatoms. The van der Waals surface area contributed by atoms with E-state index in [1.807, 2.05) is 22.9 Å². The second-order valence-electron chi connectivity index (χ2n) is 5.89. The minimum atomic E-state index is -0.0791. The van der Waals surface area contributed by atoms with Crippen molar-refractivity contribution in [2.45, 2.75) is 42.8 Å². The molecule has 0 unspecified atom stereocenters. The molecule has 0 fully saturated rings. The number of hydrogen-bond donors (Lipinski definition) is 1. The Morgan fingerprint density at radius 3 is 2.52 bits per heavy atom. The number of benzene rings is 1. The quantitative estimate of drug-likeness (QED) is 0.533. The molecule has 2 heterocycles. The van der Waals surface area contributed by atoms with E-state index in [-0.39, 0.29) is 12.6 Å². The second kappa shape index (κ2) is 8.14. The van der Waals surface area contributed by atoms with Gasteiger partial charge in [-0.3, -0.25) is 4.68 Å². The fraction of sp³-hybridized carbons (Fsp3) is 0.278. The van der Waals surface area contributed by atoms with Crippen LogP contribution < -0.4 is 0 Å². The SMILES string of the molecule is CC(C)n1nc(CO)c(Cc2cccs2)c1Sc1cc(Cl)cc(Cl)c1. The fourth-order valence-corrected chi connectivity index (χ4v) is 5.17. The van der Waals surface area contributed by atoms with Crippen LogP contribution in [-0.2, 0) is 13.0 Å². The van der Waals surface area contributed by atoms with Crippen molar-refractivity contribution in [1.82, 2.24) is 9.78 Å². The molecule has 0 saturated heterocycles. The minimum Gasteiger partial charge on any atom is -0.390 e. The summed E-state index contributed by atoms with van der Waals surface area (Å²) in [6, 6.07) is 9.82. The first-order chi connectivity index (χ1) is 12.0. The van der Waals surface area contributed by atoms with Crippen molar-refractivity contribution >= 4 is 46.3 Å². The number of aromatic nitrogens is 2. The van der Waals surface area contributed by atoms with E-state index in [0.29, 0.717) is 10.0 Å². The largest absolute Gasteiger partial charge is 0.390 e. The molecule has 0 aliphatic rings. The summed E-state index contributed by atoms with van der Waals surface area (Å²) in [5, 5.41) is 18.7. The van der Waals surface area contributed by atoms with Crippen LogP contribution in [0.3, 0.4) is 0 Å². The first-order valence-corrected chi connectivity index (χ1v) is 10.3. The van der Waals surface area contributed by atoms with Crippen LogP contribution in [0.5, 0.6) is 0 Å². The Hall–Kier alpha value is -0.980. The zero-order valence-corrected chi connectivity index (χ0v) is 17.0. The number of nitrogens with zero attached hydrogens (tertiary/aromatic N) is 2. The lowest BCUT2D eigenvalue weighted by Gasteiger charge is -2.12. The first-order valence-electron chi connectivity index (χ1n) is 7.85. The van der Waals surface area contributed by atoms with E-state index in [1.165, 1.54) is 4.88 Å². The van der Waals surface area contributed by atoms with Crippen molar-refractivity contribution in [2.75, 3.05) is 0 Å². The average molecular weight is 413 g/mol. The maximum atomic E-state index is 9.80. The van der Waals surface area contributed by atoms with E-state index in [4.69, 9.17) is 23.2 Å². The van der Waals surface area contributed by atoms with Gasteiger partial charge in [-0.15, -0.1) is 11.3 Å². The van der Waals surface area contributed by atoms with Crippen molar-refractivity contribution in [2.24, 2.45) is 0 Å². The zero-order chi connectivity index (χ0) is 18.0. The molecule has 3 aromatic rings. The molecule has 1 N–H and O–H groups in total. The molecular formula is C18H18Cl2N2OS2. The lowest BCUT2D eigenvalue weighted by molar-refractivity contribution is 0.273. The number of aliphatic hydroxyl groups is 1. The molecule has 0 spiro atoms. The van der Waals surface area contributed by atoms with E-state index in [1.54, 1.807) is 29.2 Å². The highest BCUT2D eigenvalue weighted by Gasteiger charge is 2.21. The van der Waals surface area contributed by atoms with Gasteiger partial charge in [0.25, 0.3) is 0 Å². The summed E-state index contributed by atoms with van der Waals surface area (Å²) < 4.78 is 1.97. The lowest BCUT2D eigenvalue weighted by Crippen LogP contribution is -2.05. The summed E-state index contributed by atoms with van der Waals surface area (Å²) in [7, 11) is 0. The first kappa shape index (κ1) is 18.8. The van der Waals surface area contributed by atoms with Crippen molar-refractivity contribution < 1.29 is 5.11 Å².